The molecule has 1 unspecified atom stereocenters. The van der Waals surface area contributed by atoms with Crippen molar-refractivity contribution >= 4 is 35.4 Å². The smallest absolute Gasteiger partial charge is 0.389 e. The van der Waals surface area contributed by atoms with Crippen LogP contribution >= 0.6 is 0 Å². The van der Waals surface area contributed by atoms with Gasteiger partial charge < -0.3 is 31.4 Å². The molecule has 2 fully saturated rings. The maximum atomic E-state index is 13.1. The number of halogens is 3. The van der Waals surface area contributed by atoms with Gasteiger partial charge in [-0.2, -0.15) is 23.1 Å². The third-order valence-electron chi connectivity index (χ3n) is 4.99. The second kappa shape index (κ2) is 8.02. The summed E-state index contributed by atoms with van der Waals surface area (Å²) in [5, 5.41) is 26.1. The molecule has 4 rings (SSSR count). The van der Waals surface area contributed by atoms with Crippen molar-refractivity contribution in [3.63, 3.8) is 0 Å². The average Bonchev–Trinajstić information content (AvgIpc) is 3.09. The number of benzene rings is 1. The number of anilines is 4. The van der Waals surface area contributed by atoms with Gasteiger partial charge in [0.05, 0.1) is 23.3 Å². The largest absolute Gasteiger partial charge is 0.416 e. The van der Waals surface area contributed by atoms with Crippen molar-refractivity contribution in [2.24, 2.45) is 0 Å². The Morgan fingerprint density at radius 2 is 2.06 bits per heavy atom. The van der Waals surface area contributed by atoms with Gasteiger partial charge in [0.1, 0.15) is 11.6 Å². The van der Waals surface area contributed by atoms with Crippen molar-refractivity contribution in [3.05, 3.63) is 35.4 Å². The highest BCUT2D eigenvalue weighted by Gasteiger charge is 2.32. The van der Waals surface area contributed by atoms with Crippen LogP contribution in [-0.2, 0) is 11.0 Å². The van der Waals surface area contributed by atoms with Crippen LogP contribution in [0.5, 0.6) is 0 Å². The van der Waals surface area contributed by atoms with Crippen LogP contribution < -0.4 is 20.9 Å². The molecule has 1 amide bonds. The number of nitrogens with one attached hydrogen (secondary N) is 4. The van der Waals surface area contributed by atoms with E-state index in [2.05, 4.69) is 25.9 Å². The van der Waals surface area contributed by atoms with E-state index in [1.54, 1.807) is 4.90 Å². The molecule has 1 aromatic heterocycles. The molecule has 2 saturated heterocycles. The van der Waals surface area contributed by atoms with Gasteiger partial charge in [0.25, 0.3) is 0 Å². The molecule has 31 heavy (non-hydrogen) atoms. The number of aliphatic hydroxyl groups is 1. The molecule has 0 bridgehead atoms. The zero-order valence-electron chi connectivity index (χ0n) is 16.2. The summed E-state index contributed by atoms with van der Waals surface area (Å²) in [4.78, 5) is 22.0. The number of aromatic nitrogens is 2. The van der Waals surface area contributed by atoms with Crippen LogP contribution in [0.2, 0.25) is 0 Å². The standard InChI is InChI=1S/C19H20F3N7O2/c20-19(21,22)10-2-1-3-11(4-10)25-16-14(6-23)17(29-8-13(30)9-29)28-18(27-16)26-12-5-15(31)24-7-12/h1-4,6,12-13,23,30H,5,7-9H2,(H,24,31)(H2,25,26,27,28). The lowest BCUT2D eigenvalue weighted by Gasteiger charge is -2.38. The quantitative estimate of drug-likeness (QED) is 0.438. The minimum atomic E-state index is -4.50. The van der Waals surface area contributed by atoms with Gasteiger partial charge in [-0.25, -0.2) is 0 Å². The molecule has 0 saturated carbocycles. The van der Waals surface area contributed by atoms with Gasteiger partial charge in [-0.3, -0.25) is 4.79 Å². The van der Waals surface area contributed by atoms with Crippen molar-refractivity contribution in [2.75, 3.05) is 35.2 Å². The van der Waals surface area contributed by atoms with Crippen LogP contribution in [0.15, 0.2) is 24.3 Å². The molecule has 5 N–H and O–H groups in total. The molecule has 2 aliphatic heterocycles. The molecule has 164 valence electrons. The van der Waals surface area contributed by atoms with Gasteiger partial charge in [-0.05, 0) is 18.2 Å². The van der Waals surface area contributed by atoms with E-state index in [1.807, 2.05) is 0 Å². The lowest BCUT2D eigenvalue weighted by Crippen LogP contribution is -2.51. The fourth-order valence-corrected chi connectivity index (χ4v) is 3.42. The molecular weight excluding hydrogens is 415 g/mol. The summed E-state index contributed by atoms with van der Waals surface area (Å²) >= 11 is 0. The topological polar surface area (TPSA) is 126 Å². The van der Waals surface area contributed by atoms with Crippen molar-refractivity contribution < 1.29 is 23.1 Å². The zero-order valence-corrected chi connectivity index (χ0v) is 16.2. The number of hydrogen-bond acceptors (Lipinski definition) is 8. The van der Waals surface area contributed by atoms with Crippen LogP contribution in [0, 0.1) is 5.41 Å². The van der Waals surface area contributed by atoms with Crippen molar-refractivity contribution in [2.45, 2.75) is 24.7 Å². The van der Waals surface area contributed by atoms with E-state index in [-0.39, 0.29) is 41.4 Å². The molecule has 0 radical (unpaired) electrons. The van der Waals surface area contributed by atoms with Crippen molar-refractivity contribution in [3.8, 4) is 0 Å². The van der Waals surface area contributed by atoms with Crippen LogP contribution in [0.25, 0.3) is 0 Å². The first-order chi connectivity index (χ1) is 14.7. The Morgan fingerprint density at radius 3 is 2.68 bits per heavy atom. The summed E-state index contributed by atoms with van der Waals surface area (Å²) in [6, 6.07) is 4.42. The summed E-state index contributed by atoms with van der Waals surface area (Å²) in [6.07, 6.45) is -3.77. The highest BCUT2D eigenvalue weighted by Crippen LogP contribution is 2.33. The Kier molecular flexibility index (Phi) is 5.39. The van der Waals surface area contributed by atoms with Gasteiger partial charge in [-0.15, -0.1) is 0 Å². The van der Waals surface area contributed by atoms with Crippen LogP contribution in [0.4, 0.5) is 36.4 Å². The van der Waals surface area contributed by atoms with Gasteiger partial charge >= 0.3 is 6.18 Å². The van der Waals surface area contributed by atoms with Crippen LogP contribution in [0.3, 0.4) is 0 Å². The Balaban J connectivity index is 1.69. The number of aliphatic hydroxyl groups excluding tert-OH is 1. The van der Waals surface area contributed by atoms with E-state index in [0.717, 1.165) is 18.3 Å². The number of alkyl halides is 3. The fourth-order valence-electron chi connectivity index (χ4n) is 3.42. The van der Waals surface area contributed by atoms with E-state index in [0.29, 0.717) is 25.5 Å². The highest BCUT2D eigenvalue weighted by atomic mass is 19.4. The summed E-state index contributed by atoms with van der Waals surface area (Å²) in [5.41, 5.74) is -0.395. The summed E-state index contributed by atoms with van der Waals surface area (Å²) in [7, 11) is 0. The lowest BCUT2D eigenvalue weighted by atomic mass is 10.1. The Labute approximate surface area is 175 Å². The van der Waals surface area contributed by atoms with Gasteiger partial charge in [-0.1, -0.05) is 6.07 Å². The summed E-state index contributed by atoms with van der Waals surface area (Å²) in [6.45, 7) is 1.01. The minimum Gasteiger partial charge on any atom is -0.389 e. The molecule has 1 atom stereocenters. The molecule has 12 heteroatoms. The Bertz CT molecular complexity index is 1010. The van der Waals surface area contributed by atoms with Gasteiger partial charge in [0.2, 0.25) is 11.9 Å². The number of carbonyl (C=O) groups is 1. The molecule has 1 aromatic carbocycles. The first-order valence-corrected chi connectivity index (χ1v) is 9.56. The predicted octanol–water partition coefficient (Wildman–Crippen LogP) is 1.72. The van der Waals surface area contributed by atoms with Gasteiger partial charge in [0, 0.05) is 38.0 Å². The third-order valence-corrected chi connectivity index (χ3v) is 4.99. The lowest BCUT2D eigenvalue weighted by molar-refractivity contribution is -0.137. The van der Waals surface area contributed by atoms with E-state index in [4.69, 9.17) is 5.41 Å². The van der Waals surface area contributed by atoms with Crippen molar-refractivity contribution in [1.29, 1.82) is 5.41 Å². The fraction of sp³-hybridized carbons (Fsp3) is 0.368. The number of hydrogen-bond donors (Lipinski definition) is 5. The molecule has 0 spiro atoms. The molecule has 2 aliphatic rings. The normalized spacial score (nSPS) is 19.0. The average molecular weight is 435 g/mol. The Morgan fingerprint density at radius 1 is 1.29 bits per heavy atom. The number of amides is 1. The minimum absolute atomic E-state index is 0.109. The van der Waals surface area contributed by atoms with E-state index in [9.17, 15) is 23.1 Å². The monoisotopic (exact) mass is 435 g/mol. The third kappa shape index (κ3) is 4.53. The highest BCUT2D eigenvalue weighted by molar-refractivity contribution is 5.93. The summed E-state index contributed by atoms with van der Waals surface area (Å²) in [5.74, 6) is 0.560. The van der Waals surface area contributed by atoms with Gasteiger partial charge in [0.15, 0.2) is 0 Å². The van der Waals surface area contributed by atoms with Crippen molar-refractivity contribution in [1.82, 2.24) is 15.3 Å². The number of β-amino-alcohol motifs (C(OH)–C–C–N with tert-alkyl or cyclic N) is 1. The molecular formula is C19H20F3N7O2. The van der Waals surface area contributed by atoms with Crippen LogP contribution in [-0.4, -0.2) is 59.0 Å². The second-order valence-electron chi connectivity index (χ2n) is 7.39. The number of carbonyl (C=O) groups excluding carboxylic acids is 1. The van der Waals surface area contributed by atoms with Crippen LogP contribution in [0.1, 0.15) is 17.5 Å². The maximum absolute atomic E-state index is 13.1. The summed E-state index contributed by atoms with van der Waals surface area (Å²) < 4.78 is 39.2. The molecule has 2 aromatic rings. The predicted molar refractivity (Wildman–Crippen MR) is 108 cm³/mol. The first kappa shape index (κ1) is 20.8. The van der Waals surface area contributed by atoms with E-state index < -0.39 is 17.8 Å². The number of nitrogens with zero attached hydrogens (tertiary/aromatic N) is 3. The Hall–Kier alpha value is -3.41. The molecule has 0 aliphatic carbocycles. The number of rotatable bonds is 6. The second-order valence-corrected chi connectivity index (χ2v) is 7.39. The van der Waals surface area contributed by atoms with E-state index in [1.165, 1.54) is 12.1 Å². The molecule has 3 heterocycles. The van der Waals surface area contributed by atoms with E-state index >= 15 is 0 Å². The maximum Gasteiger partial charge on any atom is 0.416 e. The SMILES string of the molecule is N=Cc1c(Nc2cccc(C(F)(F)F)c2)nc(NC2CNC(=O)C2)nc1N1CC(O)C1. The first-order valence-electron chi connectivity index (χ1n) is 9.56. The zero-order chi connectivity index (χ0) is 22.2. The molecule has 9 nitrogen and oxygen atoms in total.